The molecular weight excluding hydrogens is 150 g/mol. The quantitative estimate of drug-likeness (QED) is 0.623. The number of rotatable bonds is 1. The molecule has 0 aliphatic heterocycles. The molecule has 0 saturated heterocycles. The van der Waals surface area contributed by atoms with Crippen molar-refractivity contribution in [3.05, 3.63) is 29.3 Å². The minimum atomic E-state index is -0.806. The van der Waals surface area contributed by atoms with E-state index in [0.29, 0.717) is 5.69 Å². The average Bonchev–Trinajstić information content (AvgIpc) is 1.92. The molecule has 0 aliphatic rings. The van der Waals surface area contributed by atoms with Crippen LogP contribution in [0.3, 0.4) is 0 Å². The summed E-state index contributed by atoms with van der Waals surface area (Å²) in [6.07, 6.45) is 0. The number of anilines is 1. The largest absolute Gasteiger partial charge is 0.399 e. The molecule has 12 heavy (non-hydrogen) atoms. The first kappa shape index (κ1) is 9.07. The molecular formula is C10H15NO. The Balaban J connectivity index is 3.23. The smallest absolute Gasteiger partial charge is 0.0843 e. The van der Waals surface area contributed by atoms with Gasteiger partial charge >= 0.3 is 0 Å². The van der Waals surface area contributed by atoms with E-state index in [1.807, 2.05) is 25.1 Å². The third kappa shape index (κ3) is 1.77. The first-order valence-corrected chi connectivity index (χ1v) is 4.00. The highest BCUT2D eigenvalue weighted by molar-refractivity contribution is 5.46. The average molecular weight is 165 g/mol. The molecule has 1 aromatic rings. The monoisotopic (exact) mass is 165 g/mol. The lowest BCUT2D eigenvalue weighted by Crippen LogP contribution is -2.17. The standard InChI is InChI=1S/C10H15NO/c1-7-4-5-8(11)6-9(7)10(2,3)12/h4-6,12H,11H2,1-3H3. The van der Waals surface area contributed by atoms with Crippen molar-refractivity contribution in [2.45, 2.75) is 26.4 Å². The summed E-state index contributed by atoms with van der Waals surface area (Å²) < 4.78 is 0. The predicted molar refractivity (Wildman–Crippen MR) is 50.8 cm³/mol. The number of nitrogens with two attached hydrogens (primary N) is 1. The summed E-state index contributed by atoms with van der Waals surface area (Å²) in [6.45, 7) is 5.48. The summed E-state index contributed by atoms with van der Waals surface area (Å²) >= 11 is 0. The molecule has 0 saturated carbocycles. The summed E-state index contributed by atoms with van der Waals surface area (Å²) in [6, 6.07) is 5.57. The highest BCUT2D eigenvalue weighted by Crippen LogP contribution is 2.24. The molecule has 2 heteroatoms. The lowest BCUT2D eigenvalue weighted by Gasteiger charge is -2.20. The van der Waals surface area contributed by atoms with Crippen LogP contribution in [0.15, 0.2) is 18.2 Å². The molecule has 0 amide bonds. The van der Waals surface area contributed by atoms with E-state index in [-0.39, 0.29) is 0 Å². The van der Waals surface area contributed by atoms with E-state index < -0.39 is 5.60 Å². The Morgan fingerprint density at radius 1 is 1.33 bits per heavy atom. The van der Waals surface area contributed by atoms with Crippen LogP contribution < -0.4 is 5.73 Å². The van der Waals surface area contributed by atoms with Gasteiger partial charge in [-0.1, -0.05) is 6.07 Å². The number of benzene rings is 1. The molecule has 1 rings (SSSR count). The van der Waals surface area contributed by atoms with Crippen LogP contribution in [-0.4, -0.2) is 5.11 Å². The second kappa shape index (κ2) is 2.79. The van der Waals surface area contributed by atoms with Gasteiger partial charge in [-0.2, -0.15) is 0 Å². The van der Waals surface area contributed by atoms with Gasteiger partial charge < -0.3 is 10.8 Å². The maximum absolute atomic E-state index is 9.74. The van der Waals surface area contributed by atoms with Gasteiger partial charge in [-0.05, 0) is 44.0 Å². The van der Waals surface area contributed by atoms with Gasteiger partial charge in [0.2, 0.25) is 0 Å². The molecule has 0 aliphatic carbocycles. The van der Waals surface area contributed by atoms with Crippen LogP contribution >= 0.6 is 0 Å². The van der Waals surface area contributed by atoms with Crippen molar-refractivity contribution < 1.29 is 5.11 Å². The lowest BCUT2D eigenvalue weighted by atomic mass is 9.93. The van der Waals surface area contributed by atoms with E-state index in [2.05, 4.69) is 0 Å². The summed E-state index contributed by atoms with van der Waals surface area (Å²) in [5.41, 5.74) is 7.46. The van der Waals surface area contributed by atoms with Crippen molar-refractivity contribution >= 4 is 5.69 Å². The Morgan fingerprint density at radius 3 is 2.33 bits per heavy atom. The van der Waals surface area contributed by atoms with Gasteiger partial charge in [0.05, 0.1) is 5.60 Å². The molecule has 0 bridgehead atoms. The second-order valence-corrected chi connectivity index (χ2v) is 3.63. The van der Waals surface area contributed by atoms with Crippen molar-refractivity contribution in [3.63, 3.8) is 0 Å². The zero-order valence-electron chi connectivity index (χ0n) is 7.76. The molecule has 0 heterocycles. The van der Waals surface area contributed by atoms with Gasteiger partial charge in [0.15, 0.2) is 0 Å². The van der Waals surface area contributed by atoms with Crippen LogP contribution in [0.4, 0.5) is 5.69 Å². The van der Waals surface area contributed by atoms with Crippen LogP contribution in [0, 0.1) is 6.92 Å². The summed E-state index contributed by atoms with van der Waals surface area (Å²) in [4.78, 5) is 0. The highest BCUT2D eigenvalue weighted by atomic mass is 16.3. The molecule has 1 aromatic carbocycles. The lowest BCUT2D eigenvalue weighted by molar-refractivity contribution is 0.0780. The van der Waals surface area contributed by atoms with Gasteiger partial charge in [-0.3, -0.25) is 0 Å². The van der Waals surface area contributed by atoms with Crippen LogP contribution in [0.5, 0.6) is 0 Å². The van der Waals surface area contributed by atoms with Crippen LogP contribution in [0.2, 0.25) is 0 Å². The van der Waals surface area contributed by atoms with E-state index >= 15 is 0 Å². The van der Waals surface area contributed by atoms with Gasteiger partial charge in [-0.25, -0.2) is 0 Å². The first-order valence-electron chi connectivity index (χ1n) is 4.00. The van der Waals surface area contributed by atoms with Crippen molar-refractivity contribution in [1.29, 1.82) is 0 Å². The summed E-state index contributed by atoms with van der Waals surface area (Å²) in [7, 11) is 0. The summed E-state index contributed by atoms with van der Waals surface area (Å²) in [5, 5.41) is 9.74. The van der Waals surface area contributed by atoms with E-state index in [4.69, 9.17) is 5.73 Å². The fourth-order valence-electron chi connectivity index (χ4n) is 1.30. The first-order chi connectivity index (χ1) is 5.41. The fraction of sp³-hybridized carbons (Fsp3) is 0.400. The molecule has 3 N–H and O–H groups in total. The third-order valence-corrected chi connectivity index (χ3v) is 1.92. The SMILES string of the molecule is Cc1ccc(N)cc1C(C)(C)O. The maximum Gasteiger partial charge on any atom is 0.0843 e. The van der Waals surface area contributed by atoms with E-state index in [9.17, 15) is 5.11 Å². The molecule has 0 fully saturated rings. The number of nitrogen functional groups attached to an aromatic ring is 1. The van der Waals surface area contributed by atoms with Crippen molar-refractivity contribution in [3.8, 4) is 0 Å². The van der Waals surface area contributed by atoms with Gasteiger partial charge in [0.25, 0.3) is 0 Å². The molecule has 0 atom stereocenters. The van der Waals surface area contributed by atoms with Crippen LogP contribution in [0.1, 0.15) is 25.0 Å². The summed E-state index contributed by atoms with van der Waals surface area (Å²) in [5.74, 6) is 0. The van der Waals surface area contributed by atoms with Crippen molar-refractivity contribution in [2.24, 2.45) is 0 Å². The minimum Gasteiger partial charge on any atom is -0.399 e. The van der Waals surface area contributed by atoms with Crippen LogP contribution in [-0.2, 0) is 5.60 Å². The Kier molecular flexibility index (Phi) is 2.11. The zero-order chi connectivity index (χ0) is 9.35. The third-order valence-electron chi connectivity index (χ3n) is 1.92. The normalized spacial score (nSPS) is 11.7. The topological polar surface area (TPSA) is 46.2 Å². The van der Waals surface area contributed by atoms with E-state index in [0.717, 1.165) is 11.1 Å². The van der Waals surface area contributed by atoms with Gasteiger partial charge in [-0.15, -0.1) is 0 Å². The minimum absolute atomic E-state index is 0.692. The number of aryl methyl sites for hydroxylation is 1. The molecule has 66 valence electrons. The van der Waals surface area contributed by atoms with Crippen molar-refractivity contribution in [1.82, 2.24) is 0 Å². The van der Waals surface area contributed by atoms with E-state index in [1.165, 1.54) is 0 Å². The Hall–Kier alpha value is -1.02. The molecule has 0 radical (unpaired) electrons. The van der Waals surface area contributed by atoms with Gasteiger partial charge in [0.1, 0.15) is 0 Å². The molecule has 0 unspecified atom stereocenters. The number of hydrogen-bond acceptors (Lipinski definition) is 2. The Morgan fingerprint density at radius 2 is 1.92 bits per heavy atom. The predicted octanol–water partition coefficient (Wildman–Crippen LogP) is 1.80. The fourth-order valence-corrected chi connectivity index (χ4v) is 1.30. The Labute approximate surface area is 73.0 Å². The highest BCUT2D eigenvalue weighted by Gasteiger charge is 2.17. The molecule has 0 aromatic heterocycles. The number of aliphatic hydroxyl groups is 1. The maximum atomic E-state index is 9.74. The van der Waals surface area contributed by atoms with Gasteiger partial charge in [0, 0.05) is 5.69 Å². The zero-order valence-corrected chi connectivity index (χ0v) is 7.76. The molecule has 2 nitrogen and oxygen atoms in total. The van der Waals surface area contributed by atoms with Crippen molar-refractivity contribution in [2.75, 3.05) is 5.73 Å². The number of hydrogen-bond donors (Lipinski definition) is 2. The molecule has 0 spiro atoms. The van der Waals surface area contributed by atoms with E-state index in [1.54, 1.807) is 13.8 Å². The van der Waals surface area contributed by atoms with Crippen LogP contribution in [0.25, 0.3) is 0 Å². The Bertz CT molecular complexity index is 286. The second-order valence-electron chi connectivity index (χ2n) is 3.63.